The maximum Gasteiger partial charge on any atom is 0.255 e. The maximum absolute atomic E-state index is 12.3. The molecule has 1 aliphatic rings. The van der Waals surface area contributed by atoms with Crippen molar-refractivity contribution >= 4 is 49.1 Å². The van der Waals surface area contributed by atoms with Crippen LogP contribution >= 0.6 is 43.2 Å². The summed E-state index contributed by atoms with van der Waals surface area (Å²) in [5, 5.41) is 0. The Labute approximate surface area is 122 Å². The molecule has 1 fully saturated rings. The number of likely N-dealkylation sites (tertiary alicyclic amines) is 1. The van der Waals surface area contributed by atoms with Crippen LogP contribution in [0.4, 0.5) is 0 Å². The molecule has 0 saturated carbocycles. The molecule has 1 aliphatic heterocycles. The van der Waals surface area contributed by atoms with E-state index in [1.165, 1.54) is 11.3 Å². The van der Waals surface area contributed by atoms with Crippen molar-refractivity contribution < 1.29 is 4.79 Å². The number of piperidine rings is 1. The summed E-state index contributed by atoms with van der Waals surface area (Å²) in [7, 11) is 0. The topological polar surface area (TPSA) is 46.3 Å². The molecule has 1 saturated heterocycles. The summed E-state index contributed by atoms with van der Waals surface area (Å²) < 4.78 is 1.87. The normalized spacial score (nSPS) is 17.5. The second kappa shape index (κ2) is 5.82. The zero-order valence-corrected chi connectivity index (χ0v) is 13.3. The van der Waals surface area contributed by atoms with Crippen LogP contribution in [0.2, 0.25) is 0 Å². The van der Waals surface area contributed by atoms with Gasteiger partial charge in [-0.15, -0.1) is 11.3 Å². The fourth-order valence-corrected chi connectivity index (χ4v) is 4.81. The molecule has 0 radical (unpaired) electrons. The number of halogens is 2. The van der Waals surface area contributed by atoms with E-state index in [-0.39, 0.29) is 5.91 Å². The number of thiophene rings is 1. The van der Waals surface area contributed by atoms with Crippen molar-refractivity contribution in [2.75, 3.05) is 19.6 Å². The standard InChI is InChI=1S/C11H14Br2N2OS/c12-9-5-8(10(13)17-9)11(16)15-3-1-7(6-14)2-4-15/h5,7H,1-4,6,14H2. The first-order valence-corrected chi connectivity index (χ1v) is 7.96. The Morgan fingerprint density at radius 1 is 1.47 bits per heavy atom. The lowest BCUT2D eigenvalue weighted by Gasteiger charge is -2.31. The molecule has 6 heteroatoms. The summed E-state index contributed by atoms with van der Waals surface area (Å²) in [6.45, 7) is 2.37. The van der Waals surface area contributed by atoms with Crippen molar-refractivity contribution in [3.05, 3.63) is 19.2 Å². The number of nitrogens with zero attached hydrogens (tertiary/aromatic N) is 1. The molecule has 0 spiro atoms. The summed E-state index contributed by atoms with van der Waals surface area (Å²) in [4.78, 5) is 14.2. The minimum Gasteiger partial charge on any atom is -0.339 e. The average Bonchev–Trinajstić information content (AvgIpc) is 2.68. The number of rotatable bonds is 2. The molecule has 2 rings (SSSR count). The van der Waals surface area contributed by atoms with Crippen molar-refractivity contribution in [2.45, 2.75) is 12.8 Å². The van der Waals surface area contributed by atoms with Gasteiger partial charge in [0.2, 0.25) is 0 Å². The molecule has 3 nitrogen and oxygen atoms in total. The number of carbonyl (C=O) groups excluding carboxylic acids is 1. The molecule has 2 heterocycles. The van der Waals surface area contributed by atoms with Crippen LogP contribution in [-0.2, 0) is 0 Å². The highest BCUT2D eigenvalue weighted by Gasteiger charge is 2.25. The third-order valence-electron chi connectivity index (χ3n) is 3.12. The molecule has 0 unspecified atom stereocenters. The van der Waals surface area contributed by atoms with E-state index in [2.05, 4.69) is 31.9 Å². The Bertz CT molecular complexity index is 414. The van der Waals surface area contributed by atoms with Gasteiger partial charge in [-0.05, 0) is 63.2 Å². The molecule has 0 atom stereocenters. The third kappa shape index (κ3) is 3.10. The van der Waals surface area contributed by atoms with E-state index in [0.717, 1.165) is 45.6 Å². The van der Waals surface area contributed by atoms with Gasteiger partial charge < -0.3 is 10.6 Å². The van der Waals surface area contributed by atoms with Gasteiger partial charge in [0.1, 0.15) is 0 Å². The first kappa shape index (κ1) is 13.5. The van der Waals surface area contributed by atoms with E-state index in [1.807, 2.05) is 11.0 Å². The molecule has 2 N–H and O–H groups in total. The van der Waals surface area contributed by atoms with Crippen LogP contribution in [0.15, 0.2) is 13.6 Å². The molecule has 94 valence electrons. The smallest absolute Gasteiger partial charge is 0.255 e. The van der Waals surface area contributed by atoms with Crippen molar-refractivity contribution in [3.8, 4) is 0 Å². The lowest BCUT2D eigenvalue weighted by Crippen LogP contribution is -2.40. The van der Waals surface area contributed by atoms with Crippen LogP contribution in [0.5, 0.6) is 0 Å². The minimum atomic E-state index is 0.120. The number of hydrogen-bond acceptors (Lipinski definition) is 3. The van der Waals surface area contributed by atoms with Gasteiger partial charge >= 0.3 is 0 Å². The summed E-state index contributed by atoms with van der Waals surface area (Å²) in [5.74, 6) is 0.700. The summed E-state index contributed by atoms with van der Waals surface area (Å²) >= 11 is 8.36. The van der Waals surface area contributed by atoms with Crippen LogP contribution in [0.25, 0.3) is 0 Å². The van der Waals surface area contributed by atoms with E-state index in [9.17, 15) is 4.79 Å². The van der Waals surface area contributed by atoms with E-state index in [0.29, 0.717) is 5.92 Å². The highest BCUT2D eigenvalue weighted by Crippen LogP contribution is 2.33. The first-order chi connectivity index (χ1) is 8.11. The molecule has 0 aromatic carbocycles. The van der Waals surface area contributed by atoms with Gasteiger partial charge in [0, 0.05) is 13.1 Å². The minimum absolute atomic E-state index is 0.120. The monoisotopic (exact) mass is 380 g/mol. The van der Waals surface area contributed by atoms with E-state index >= 15 is 0 Å². The molecule has 1 aromatic rings. The van der Waals surface area contributed by atoms with Crippen molar-refractivity contribution in [2.24, 2.45) is 11.7 Å². The lowest BCUT2D eigenvalue weighted by molar-refractivity contribution is 0.0693. The van der Waals surface area contributed by atoms with Gasteiger partial charge in [0.25, 0.3) is 5.91 Å². The van der Waals surface area contributed by atoms with Gasteiger partial charge in [-0.2, -0.15) is 0 Å². The Morgan fingerprint density at radius 2 is 2.12 bits per heavy atom. The highest BCUT2D eigenvalue weighted by atomic mass is 79.9. The van der Waals surface area contributed by atoms with Gasteiger partial charge in [-0.25, -0.2) is 0 Å². The third-order valence-corrected chi connectivity index (χ3v) is 5.46. The maximum atomic E-state index is 12.3. The first-order valence-electron chi connectivity index (χ1n) is 5.56. The molecule has 0 bridgehead atoms. The van der Waals surface area contributed by atoms with Gasteiger partial charge in [-0.1, -0.05) is 0 Å². The summed E-state index contributed by atoms with van der Waals surface area (Å²) in [6, 6.07) is 1.88. The van der Waals surface area contributed by atoms with Gasteiger partial charge in [0.05, 0.1) is 13.1 Å². The van der Waals surface area contributed by atoms with Crippen LogP contribution < -0.4 is 5.73 Å². The van der Waals surface area contributed by atoms with Crippen molar-refractivity contribution in [1.29, 1.82) is 0 Å². The quantitative estimate of drug-likeness (QED) is 0.855. The molecule has 1 amide bonds. The Morgan fingerprint density at radius 3 is 2.59 bits per heavy atom. The second-order valence-corrected chi connectivity index (χ2v) is 7.96. The van der Waals surface area contributed by atoms with Crippen LogP contribution in [-0.4, -0.2) is 30.4 Å². The number of hydrogen-bond donors (Lipinski definition) is 1. The SMILES string of the molecule is NCC1CCN(C(=O)c2cc(Br)sc2Br)CC1. The predicted molar refractivity (Wildman–Crippen MR) is 77.4 cm³/mol. The molecular weight excluding hydrogens is 368 g/mol. The number of nitrogens with two attached hydrogens (primary N) is 1. The largest absolute Gasteiger partial charge is 0.339 e. The number of amides is 1. The Balaban J connectivity index is 2.04. The lowest BCUT2D eigenvalue weighted by atomic mass is 9.97. The van der Waals surface area contributed by atoms with Crippen molar-refractivity contribution in [3.63, 3.8) is 0 Å². The highest BCUT2D eigenvalue weighted by molar-refractivity contribution is 9.12. The Kier molecular flexibility index (Phi) is 4.63. The van der Waals surface area contributed by atoms with E-state index in [4.69, 9.17) is 5.73 Å². The predicted octanol–water partition coefficient (Wildman–Crippen LogP) is 3.08. The van der Waals surface area contributed by atoms with Crippen LogP contribution in [0.1, 0.15) is 23.2 Å². The molecular formula is C11H14Br2N2OS. The number of carbonyl (C=O) groups is 1. The fraction of sp³-hybridized carbons (Fsp3) is 0.545. The molecule has 17 heavy (non-hydrogen) atoms. The van der Waals surface area contributed by atoms with Crippen LogP contribution in [0, 0.1) is 5.92 Å². The zero-order chi connectivity index (χ0) is 12.4. The van der Waals surface area contributed by atoms with E-state index in [1.54, 1.807) is 0 Å². The Hall–Kier alpha value is 0.0900. The van der Waals surface area contributed by atoms with E-state index < -0.39 is 0 Å². The molecule has 0 aliphatic carbocycles. The van der Waals surface area contributed by atoms with Gasteiger partial charge in [0.15, 0.2) is 0 Å². The van der Waals surface area contributed by atoms with Gasteiger partial charge in [-0.3, -0.25) is 4.79 Å². The second-order valence-electron chi connectivity index (χ2n) is 4.21. The van der Waals surface area contributed by atoms with Crippen LogP contribution in [0.3, 0.4) is 0 Å². The fourth-order valence-electron chi connectivity index (χ4n) is 2.03. The molecule has 1 aromatic heterocycles. The zero-order valence-electron chi connectivity index (χ0n) is 9.29. The summed E-state index contributed by atoms with van der Waals surface area (Å²) in [5.41, 5.74) is 6.41. The average molecular weight is 382 g/mol. The summed E-state index contributed by atoms with van der Waals surface area (Å²) in [6.07, 6.45) is 2.04. The van der Waals surface area contributed by atoms with Crippen molar-refractivity contribution in [1.82, 2.24) is 4.90 Å².